The molecule has 8 heteroatoms. The van der Waals surface area contributed by atoms with Gasteiger partial charge in [-0.15, -0.1) is 0 Å². The first-order valence-electron chi connectivity index (χ1n) is 8.97. The minimum Gasteiger partial charge on any atom is -0.497 e. The first kappa shape index (κ1) is 22.4. The van der Waals surface area contributed by atoms with Crippen LogP contribution in [0.5, 0.6) is 5.75 Å². The number of amides is 2. The Bertz CT molecular complexity index is 631. The van der Waals surface area contributed by atoms with Crippen molar-refractivity contribution in [1.82, 2.24) is 10.6 Å². The molecule has 150 valence electrons. The molecule has 5 N–H and O–H groups in total. The van der Waals surface area contributed by atoms with E-state index in [1.807, 2.05) is 0 Å². The molecule has 1 aromatic rings. The van der Waals surface area contributed by atoms with Crippen molar-refractivity contribution in [2.24, 2.45) is 11.7 Å². The summed E-state index contributed by atoms with van der Waals surface area (Å²) in [5.41, 5.74) is 6.25. The van der Waals surface area contributed by atoms with Crippen LogP contribution in [-0.2, 0) is 9.59 Å². The van der Waals surface area contributed by atoms with Gasteiger partial charge in [-0.05, 0) is 49.4 Å². The normalized spacial score (nSPS) is 12.9. The zero-order valence-corrected chi connectivity index (χ0v) is 16.0. The van der Waals surface area contributed by atoms with Crippen molar-refractivity contribution >= 4 is 17.8 Å². The molecular weight excluding hydrogens is 350 g/mol. The van der Waals surface area contributed by atoms with Gasteiger partial charge in [0.25, 0.3) is 5.91 Å². The number of hydrogen-bond donors (Lipinski definition) is 4. The summed E-state index contributed by atoms with van der Waals surface area (Å²) in [6, 6.07) is 5.02. The van der Waals surface area contributed by atoms with E-state index in [-0.39, 0.29) is 18.2 Å². The van der Waals surface area contributed by atoms with Gasteiger partial charge in [0.2, 0.25) is 5.91 Å². The van der Waals surface area contributed by atoms with E-state index in [0.29, 0.717) is 30.7 Å². The third-order valence-corrected chi connectivity index (χ3v) is 4.19. The first-order valence-corrected chi connectivity index (χ1v) is 8.97. The van der Waals surface area contributed by atoms with Crippen LogP contribution >= 0.6 is 0 Å². The van der Waals surface area contributed by atoms with Crippen molar-refractivity contribution < 1.29 is 24.2 Å². The van der Waals surface area contributed by atoms with Gasteiger partial charge in [0.05, 0.1) is 13.2 Å². The smallest absolute Gasteiger partial charge is 0.326 e. The lowest BCUT2D eigenvalue weighted by Crippen LogP contribution is -2.50. The van der Waals surface area contributed by atoms with E-state index < -0.39 is 24.0 Å². The van der Waals surface area contributed by atoms with Crippen LogP contribution in [0.25, 0.3) is 0 Å². The maximum Gasteiger partial charge on any atom is 0.326 e. The number of carbonyl (C=O) groups is 3. The van der Waals surface area contributed by atoms with Crippen LogP contribution in [0.2, 0.25) is 0 Å². The number of benzene rings is 1. The second kappa shape index (κ2) is 11.2. The highest BCUT2D eigenvalue weighted by Crippen LogP contribution is 2.11. The molecule has 0 fully saturated rings. The molecule has 0 radical (unpaired) electrons. The molecule has 0 bridgehead atoms. The molecule has 0 aliphatic heterocycles. The SMILES string of the molecule is COc1ccc(C(=O)NCCCC[C@H](NC(=O)[C@@H](N)C(C)C)C(=O)O)cc1. The zero-order valence-electron chi connectivity index (χ0n) is 16.0. The highest BCUT2D eigenvalue weighted by Gasteiger charge is 2.24. The Morgan fingerprint density at radius 3 is 2.30 bits per heavy atom. The average molecular weight is 379 g/mol. The Kier molecular flexibility index (Phi) is 9.29. The largest absolute Gasteiger partial charge is 0.497 e. The number of methoxy groups -OCH3 is 1. The summed E-state index contributed by atoms with van der Waals surface area (Å²) in [5, 5.41) is 14.5. The molecule has 1 aromatic carbocycles. The molecule has 2 amide bonds. The first-order chi connectivity index (χ1) is 12.8. The fourth-order valence-electron chi connectivity index (χ4n) is 2.35. The second-order valence-corrected chi connectivity index (χ2v) is 6.65. The van der Waals surface area contributed by atoms with Crippen LogP contribution in [0.15, 0.2) is 24.3 Å². The number of rotatable bonds is 11. The van der Waals surface area contributed by atoms with Crippen LogP contribution in [-0.4, -0.2) is 48.6 Å². The van der Waals surface area contributed by atoms with E-state index in [9.17, 15) is 19.5 Å². The molecule has 0 aromatic heterocycles. The van der Waals surface area contributed by atoms with E-state index in [1.165, 1.54) is 0 Å². The number of ether oxygens (including phenoxy) is 1. The number of carbonyl (C=O) groups excluding carboxylic acids is 2. The number of unbranched alkanes of at least 4 members (excludes halogenated alkanes) is 1. The zero-order chi connectivity index (χ0) is 20.4. The van der Waals surface area contributed by atoms with Gasteiger partial charge in [0.15, 0.2) is 0 Å². The number of nitrogens with one attached hydrogen (secondary N) is 2. The summed E-state index contributed by atoms with van der Waals surface area (Å²) >= 11 is 0. The van der Waals surface area contributed by atoms with Gasteiger partial charge in [0, 0.05) is 12.1 Å². The van der Waals surface area contributed by atoms with Crippen LogP contribution in [0, 0.1) is 5.92 Å². The maximum absolute atomic E-state index is 12.0. The third-order valence-electron chi connectivity index (χ3n) is 4.19. The fourth-order valence-corrected chi connectivity index (χ4v) is 2.35. The maximum atomic E-state index is 12.0. The van der Waals surface area contributed by atoms with E-state index in [1.54, 1.807) is 45.2 Å². The minimum atomic E-state index is -1.10. The van der Waals surface area contributed by atoms with Gasteiger partial charge >= 0.3 is 5.97 Å². The highest BCUT2D eigenvalue weighted by molar-refractivity contribution is 5.94. The summed E-state index contributed by atoms with van der Waals surface area (Å²) in [6.45, 7) is 4.01. The fraction of sp³-hybridized carbons (Fsp3) is 0.526. The predicted octanol–water partition coefficient (Wildman–Crippen LogP) is 1.15. The summed E-state index contributed by atoms with van der Waals surface area (Å²) in [7, 11) is 1.55. The van der Waals surface area contributed by atoms with Gasteiger partial charge < -0.3 is 26.2 Å². The van der Waals surface area contributed by atoms with E-state index in [2.05, 4.69) is 10.6 Å². The summed E-state index contributed by atoms with van der Waals surface area (Å²) in [5.74, 6) is -1.17. The van der Waals surface area contributed by atoms with Gasteiger partial charge in [-0.3, -0.25) is 9.59 Å². The lowest BCUT2D eigenvalue weighted by Gasteiger charge is -2.19. The van der Waals surface area contributed by atoms with Crippen LogP contribution < -0.4 is 21.1 Å². The van der Waals surface area contributed by atoms with E-state index in [0.717, 1.165) is 0 Å². The molecule has 0 spiro atoms. The quantitative estimate of drug-likeness (QED) is 0.427. The summed E-state index contributed by atoms with van der Waals surface area (Å²) < 4.78 is 5.04. The number of aliphatic carboxylic acids is 1. The molecule has 0 saturated carbocycles. The molecule has 27 heavy (non-hydrogen) atoms. The molecule has 1 rings (SSSR count). The molecule has 0 heterocycles. The summed E-state index contributed by atoms with van der Waals surface area (Å²) in [4.78, 5) is 35.2. The highest BCUT2D eigenvalue weighted by atomic mass is 16.5. The molecule has 8 nitrogen and oxygen atoms in total. The van der Waals surface area contributed by atoms with Crippen molar-refractivity contribution in [2.75, 3.05) is 13.7 Å². The van der Waals surface area contributed by atoms with Gasteiger partial charge in [0.1, 0.15) is 11.8 Å². The predicted molar refractivity (Wildman–Crippen MR) is 102 cm³/mol. The van der Waals surface area contributed by atoms with Crippen LogP contribution in [0.3, 0.4) is 0 Å². The molecule has 0 aliphatic rings. The molecule has 0 unspecified atom stereocenters. The second-order valence-electron chi connectivity index (χ2n) is 6.65. The number of carboxylic acid groups (broad SMARTS) is 1. The standard InChI is InChI=1S/C19H29N3O5/c1-12(2)16(20)18(24)22-15(19(25)26)6-4-5-11-21-17(23)13-7-9-14(27-3)10-8-13/h7-10,12,15-16H,4-6,11,20H2,1-3H3,(H,21,23)(H,22,24)(H,25,26)/t15-,16-/m0/s1. The van der Waals surface area contributed by atoms with Crippen LogP contribution in [0.1, 0.15) is 43.5 Å². The molecule has 0 aliphatic carbocycles. The van der Waals surface area contributed by atoms with Crippen molar-refractivity contribution in [2.45, 2.75) is 45.2 Å². The van der Waals surface area contributed by atoms with Gasteiger partial charge in [-0.2, -0.15) is 0 Å². The van der Waals surface area contributed by atoms with E-state index >= 15 is 0 Å². The van der Waals surface area contributed by atoms with Crippen molar-refractivity contribution in [3.05, 3.63) is 29.8 Å². The average Bonchev–Trinajstić information content (AvgIpc) is 2.65. The molecule has 0 saturated heterocycles. The number of carboxylic acids is 1. The Labute approximate surface area is 159 Å². The van der Waals surface area contributed by atoms with Crippen molar-refractivity contribution in [3.63, 3.8) is 0 Å². The Morgan fingerprint density at radius 1 is 1.15 bits per heavy atom. The Hall–Kier alpha value is -2.61. The number of hydrogen-bond acceptors (Lipinski definition) is 5. The monoisotopic (exact) mass is 379 g/mol. The topological polar surface area (TPSA) is 131 Å². The van der Waals surface area contributed by atoms with Gasteiger partial charge in [-0.25, -0.2) is 4.79 Å². The van der Waals surface area contributed by atoms with Crippen LogP contribution in [0.4, 0.5) is 0 Å². The summed E-state index contributed by atoms with van der Waals surface area (Å²) in [6.07, 6.45) is 1.40. The third kappa shape index (κ3) is 7.65. The lowest BCUT2D eigenvalue weighted by molar-refractivity contribution is -0.142. The number of nitrogens with two attached hydrogens (primary N) is 1. The van der Waals surface area contributed by atoms with Crippen molar-refractivity contribution in [3.8, 4) is 5.75 Å². The minimum absolute atomic E-state index is 0.0763. The van der Waals surface area contributed by atoms with Gasteiger partial charge in [-0.1, -0.05) is 13.8 Å². The van der Waals surface area contributed by atoms with Crippen molar-refractivity contribution in [1.29, 1.82) is 0 Å². The van der Waals surface area contributed by atoms with E-state index in [4.69, 9.17) is 10.5 Å². The molecular formula is C19H29N3O5. The Balaban J connectivity index is 2.36. The Morgan fingerprint density at radius 2 is 1.78 bits per heavy atom. The molecule has 2 atom stereocenters. The lowest BCUT2D eigenvalue weighted by atomic mass is 10.0.